The van der Waals surface area contributed by atoms with Crippen LogP contribution in [0.15, 0.2) is 0 Å². The molecule has 21 heavy (non-hydrogen) atoms. The number of nitrogens with zero attached hydrogens (tertiary/aromatic N) is 3. The Bertz CT molecular complexity index is 605. The number of carbonyl (C=O) groups is 1. The molecular formula is C12H20N4O4S. The summed E-state index contributed by atoms with van der Waals surface area (Å²) in [5.74, 6) is -0.439. The van der Waals surface area contributed by atoms with Gasteiger partial charge in [0.2, 0.25) is 0 Å². The van der Waals surface area contributed by atoms with Crippen molar-refractivity contribution in [1.82, 2.24) is 20.3 Å². The summed E-state index contributed by atoms with van der Waals surface area (Å²) in [5.41, 5.74) is 0.893. The van der Waals surface area contributed by atoms with E-state index >= 15 is 0 Å². The van der Waals surface area contributed by atoms with Crippen molar-refractivity contribution in [2.75, 3.05) is 25.7 Å². The van der Waals surface area contributed by atoms with Crippen molar-refractivity contribution >= 4 is 15.8 Å². The summed E-state index contributed by atoms with van der Waals surface area (Å²) in [6.07, 6.45) is 3.54. The average molecular weight is 316 g/mol. The second-order valence-corrected chi connectivity index (χ2v) is 7.43. The lowest BCUT2D eigenvalue weighted by atomic mass is 10.1. The SMILES string of the molecule is COC(=O)c1nnn(CCCS(C)(=O)=O)c1C1CCCN1. The lowest BCUT2D eigenvalue weighted by Gasteiger charge is -2.13. The number of hydrogen-bond donors (Lipinski definition) is 1. The van der Waals surface area contributed by atoms with E-state index in [0.29, 0.717) is 18.7 Å². The molecule has 0 radical (unpaired) electrons. The predicted molar refractivity (Wildman–Crippen MR) is 75.7 cm³/mol. The monoisotopic (exact) mass is 316 g/mol. The van der Waals surface area contributed by atoms with Crippen LogP contribution >= 0.6 is 0 Å². The van der Waals surface area contributed by atoms with E-state index in [9.17, 15) is 13.2 Å². The zero-order valence-electron chi connectivity index (χ0n) is 12.2. The summed E-state index contributed by atoms with van der Waals surface area (Å²) >= 11 is 0. The first-order chi connectivity index (χ1) is 9.92. The number of nitrogens with one attached hydrogen (secondary N) is 1. The summed E-state index contributed by atoms with van der Waals surface area (Å²) in [7, 11) is -1.71. The van der Waals surface area contributed by atoms with Gasteiger partial charge >= 0.3 is 5.97 Å². The van der Waals surface area contributed by atoms with Crippen LogP contribution in [0.3, 0.4) is 0 Å². The fraction of sp³-hybridized carbons (Fsp3) is 0.750. The molecule has 9 heteroatoms. The Kier molecular flexibility index (Phi) is 4.94. The molecule has 0 amide bonds. The van der Waals surface area contributed by atoms with Crippen LogP contribution in [-0.2, 0) is 21.1 Å². The second-order valence-electron chi connectivity index (χ2n) is 5.17. The number of methoxy groups -OCH3 is 1. The number of carbonyl (C=O) groups excluding carboxylic acids is 1. The minimum Gasteiger partial charge on any atom is -0.464 e. The molecule has 8 nitrogen and oxygen atoms in total. The van der Waals surface area contributed by atoms with E-state index in [-0.39, 0.29) is 17.5 Å². The summed E-state index contributed by atoms with van der Waals surface area (Å²) in [5, 5.41) is 11.2. The minimum absolute atomic E-state index is 0.00679. The van der Waals surface area contributed by atoms with E-state index in [2.05, 4.69) is 15.6 Å². The van der Waals surface area contributed by atoms with Crippen LogP contribution in [0.25, 0.3) is 0 Å². The highest BCUT2D eigenvalue weighted by molar-refractivity contribution is 7.90. The van der Waals surface area contributed by atoms with Crippen molar-refractivity contribution in [3.05, 3.63) is 11.4 Å². The Morgan fingerprint density at radius 2 is 2.29 bits per heavy atom. The molecule has 0 aromatic carbocycles. The molecule has 1 fully saturated rings. The van der Waals surface area contributed by atoms with Crippen LogP contribution in [-0.4, -0.2) is 55.0 Å². The molecule has 1 aromatic heterocycles. The van der Waals surface area contributed by atoms with Gasteiger partial charge in [-0.1, -0.05) is 5.21 Å². The third-order valence-corrected chi connectivity index (χ3v) is 4.46. The van der Waals surface area contributed by atoms with Crippen LogP contribution in [0.1, 0.15) is 41.5 Å². The first kappa shape index (κ1) is 15.9. The zero-order valence-corrected chi connectivity index (χ0v) is 13.0. The van der Waals surface area contributed by atoms with E-state index in [1.165, 1.54) is 13.4 Å². The number of sulfone groups is 1. The molecule has 2 rings (SSSR count). The molecule has 2 heterocycles. The number of hydrogen-bond acceptors (Lipinski definition) is 7. The van der Waals surface area contributed by atoms with Gasteiger partial charge in [-0.3, -0.25) is 0 Å². The minimum atomic E-state index is -3.01. The van der Waals surface area contributed by atoms with Crippen LogP contribution in [0.5, 0.6) is 0 Å². The van der Waals surface area contributed by atoms with Gasteiger partial charge in [0.05, 0.1) is 24.6 Å². The highest BCUT2D eigenvalue weighted by Gasteiger charge is 2.29. The molecule has 1 aliphatic rings. The molecule has 1 aliphatic heterocycles. The largest absolute Gasteiger partial charge is 0.464 e. The Hall–Kier alpha value is -1.48. The van der Waals surface area contributed by atoms with E-state index in [1.807, 2.05) is 0 Å². The van der Waals surface area contributed by atoms with Crippen molar-refractivity contribution in [3.63, 3.8) is 0 Å². The highest BCUT2D eigenvalue weighted by atomic mass is 32.2. The number of aryl methyl sites for hydroxylation is 1. The number of aromatic nitrogens is 3. The van der Waals surface area contributed by atoms with Crippen LogP contribution in [0.4, 0.5) is 0 Å². The second kappa shape index (κ2) is 6.52. The van der Waals surface area contributed by atoms with Gasteiger partial charge in [0.15, 0.2) is 5.69 Å². The number of esters is 1. The van der Waals surface area contributed by atoms with Crippen LogP contribution in [0, 0.1) is 0 Å². The van der Waals surface area contributed by atoms with Crippen molar-refractivity contribution in [2.45, 2.75) is 31.8 Å². The normalized spacial score (nSPS) is 18.9. The molecular weight excluding hydrogens is 296 g/mol. The smallest absolute Gasteiger partial charge is 0.360 e. The molecule has 1 saturated heterocycles. The van der Waals surface area contributed by atoms with Gasteiger partial charge in [-0.15, -0.1) is 5.10 Å². The van der Waals surface area contributed by atoms with E-state index in [4.69, 9.17) is 4.74 Å². The summed E-state index contributed by atoms with van der Waals surface area (Å²) in [4.78, 5) is 11.8. The van der Waals surface area contributed by atoms with Crippen LogP contribution < -0.4 is 5.32 Å². The van der Waals surface area contributed by atoms with Gasteiger partial charge in [0, 0.05) is 12.8 Å². The average Bonchev–Trinajstić information content (AvgIpc) is 3.04. The van der Waals surface area contributed by atoms with Gasteiger partial charge < -0.3 is 10.1 Å². The maximum Gasteiger partial charge on any atom is 0.360 e. The van der Waals surface area contributed by atoms with Gasteiger partial charge in [-0.05, 0) is 25.8 Å². The van der Waals surface area contributed by atoms with Crippen molar-refractivity contribution in [2.24, 2.45) is 0 Å². The maximum atomic E-state index is 11.8. The van der Waals surface area contributed by atoms with E-state index in [0.717, 1.165) is 19.4 Å². The van der Waals surface area contributed by atoms with Gasteiger partial charge in [-0.2, -0.15) is 0 Å². The van der Waals surface area contributed by atoms with Crippen molar-refractivity contribution in [1.29, 1.82) is 0 Å². The standard InChI is InChI=1S/C12H20N4O4S/c1-20-12(17)10-11(9-5-3-6-13-9)16(15-14-10)7-4-8-21(2,18)19/h9,13H,3-8H2,1-2H3. The summed E-state index contributed by atoms with van der Waals surface area (Å²) in [6, 6.07) is 0.00679. The Labute approximate surface area is 123 Å². The Morgan fingerprint density at radius 3 is 2.86 bits per heavy atom. The first-order valence-electron chi connectivity index (χ1n) is 6.85. The molecule has 1 N–H and O–H groups in total. The highest BCUT2D eigenvalue weighted by Crippen LogP contribution is 2.25. The Morgan fingerprint density at radius 1 is 1.52 bits per heavy atom. The van der Waals surface area contributed by atoms with E-state index < -0.39 is 15.8 Å². The molecule has 1 aromatic rings. The van der Waals surface area contributed by atoms with E-state index in [1.54, 1.807) is 4.68 Å². The van der Waals surface area contributed by atoms with Gasteiger partial charge in [0.1, 0.15) is 9.84 Å². The van der Waals surface area contributed by atoms with Gasteiger partial charge in [0.25, 0.3) is 0 Å². The summed E-state index contributed by atoms with van der Waals surface area (Å²) in [6.45, 7) is 1.28. The molecule has 118 valence electrons. The lowest BCUT2D eigenvalue weighted by molar-refractivity contribution is 0.0591. The number of rotatable bonds is 6. The Balaban J connectivity index is 2.19. The first-order valence-corrected chi connectivity index (χ1v) is 8.91. The quantitative estimate of drug-likeness (QED) is 0.732. The topological polar surface area (TPSA) is 103 Å². The predicted octanol–water partition coefficient (Wildman–Crippen LogP) is -0.0761. The fourth-order valence-corrected chi connectivity index (χ4v) is 3.12. The maximum absolute atomic E-state index is 11.8. The summed E-state index contributed by atoms with van der Waals surface area (Å²) < 4.78 is 28.7. The fourth-order valence-electron chi connectivity index (χ4n) is 2.47. The van der Waals surface area contributed by atoms with Crippen LogP contribution in [0.2, 0.25) is 0 Å². The molecule has 1 unspecified atom stereocenters. The molecule has 0 spiro atoms. The molecule has 0 aliphatic carbocycles. The lowest BCUT2D eigenvalue weighted by Crippen LogP contribution is -2.21. The third-order valence-electron chi connectivity index (χ3n) is 3.43. The number of ether oxygens (including phenoxy) is 1. The van der Waals surface area contributed by atoms with Gasteiger partial charge in [-0.25, -0.2) is 17.9 Å². The molecule has 1 atom stereocenters. The molecule has 0 saturated carbocycles. The third kappa shape index (κ3) is 4.01. The molecule has 0 bridgehead atoms. The van der Waals surface area contributed by atoms with Crippen molar-refractivity contribution < 1.29 is 17.9 Å². The zero-order chi connectivity index (χ0) is 15.5. The van der Waals surface area contributed by atoms with Crippen molar-refractivity contribution in [3.8, 4) is 0 Å².